The maximum Gasteiger partial charge on any atom is 0.248 e. The lowest BCUT2D eigenvalue weighted by Gasteiger charge is -2.18. The molecule has 4 aromatic rings. The van der Waals surface area contributed by atoms with Crippen LogP contribution in [0.4, 0.5) is 11.4 Å². The van der Waals surface area contributed by atoms with Crippen molar-refractivity contribution in [3.8, 4) is 0 Å². The molecule has 4 aromatic carbocycles. The van der Waals surface area contributed by atoms with Crippen molar-refractivity contribution in [3.05, 3.63) is 130 Å². The molecule has 2 amide bonds. The highest BCUT2D eigenvalue weighted by atomic mass is 35.5. The monoisotopic (exact) mass is 532 g/mol. The lowest BCUT2D eigenvalue weighted by molar-refractivity contribution is -0.116. The van der Waals surface area contributed by atoms with E-state index >= 15 is 0 Å². The summed E-state index contributed by atoms with van der Waals surface area (Å²) in [5, 5.41) is 5.86. The van der Waals surface area contributed by atoms with Crippen LogP contribution in [0.15, 0.2) is 114 Å². The Bertz CT molecular complexity index is 1380. The highest BCUT2D eigenvalue weighted by Crippen LogP contribution is 2.38. The number of amides is 2. The SMILES string of the molecule is O=C(/C=C/c1ccccc1)Nc1cccc(SC(C(=O)Nc2cccc(Cl)c2Cl)c2ccccc2)c1. The molecule has 0 saturated heterocycles. The van der Waals surface area contributed by atoms with Gasteiger partial charge in [0, 0.05) is 16.7 Å². The van der Waals surface area contributed by atoms with Crippen molar-refractivity contribution in [2.45, 2.75) is 10.1 Å². The van der Waals surface area contributed by atoms with Gasteiger partial charge in [0.25, 0.3) is 0 Å². The number of nitrogens with one attached hydrogen (secondary N) is 2. The molecule has 0 fully saturated rings. The van der Waals surface area contributed by atoms with Crippen LogP contribution in [0.5, 0.6) is 0 Å². The van der Waals surface area contributed by atoms with E-state index in [0.717, 1.165) is 16.0 Å². The van der Waals surface area contributed by atoms with E-state index in [0.29, 0.717) is 16.4 Å². The fraction of sp³-hybridized carbons (Fsp3) is 0.0345. The van der Waals surface area contributed by atoms with E-state index in [1.54, 1.807) is 24.3 Å². The zero-order valence-electron chi connectivity index (χ0n) is 19.0. The molecule has 4 nitrogen and oxygen atoms in total. The summed E-state index contributed by atoms with van der Waals surface area (Å²) in [5.41, 5.74) is 2.85. The summed E-state index contributed by atoms with van der Waals surface area (Å²) in [5.74, 6) is -0.482. The van der Waals surface area contributed by atoms with Gasteiger partial charge < -0.3 is 10.6 Å². The maximum absolute atomic E-state index is 13.4. The smallest absolute Gasteiger partial charge is 0.248 e. The molecule has 0 bridgehead atoms. The largest absolute Gasteiger partial charge is 0.323 e. The van der Waals surface area contributed by atoms with Gasteiger partial charge in [0.1, 0.15) is 5.25 Å². The van der Waals surface area contributed by atoms with Crippen LogP contribution < -0.4 is 10.6 Å². The standard InChI is InChI=1S/C29H22Cl2N2O2S/c30-24-15-8-16-25(27(24)31)33-29(35)28(21-11-5-2-6-12-21)36-23-14-7-13-22(19-23)32-26(34)18-17-20-9-3-1-4-10-20/h1-19,28H,(H,32,34)(H,33,35)/b18-17+. The van der Waals surface area contributed by atoms with Crippen LogP contribution in [0.25, 0.3) is 6.08 Å². The van der Waals surface area contributed by atoms with E-state index in [2.05, 4.69) is 10.6 Å². The topological polar surface area (TPSA) is 58.2 Å². The first-order valence-electron chi connectivity index (χ1n) is 11.1. The maximum atomic E-state index is 13.4. The molecule has 0 radical (unpaired) electrons. The summed E-state index contributed by atoms with van der Waals surface area (Å²) in [6.07, 6.45) is 3.24. The Morgan fingerprint density at radius 1 is 0.778 bits per heavy atom. The molecule has 0 heterocycles. The molecule has 2 N–H and O–H groups in total. The minimum absolute atomic E-state index is 0.240. The summed E-state index contributed by atoms with van der Waals surface area (Å²) in [4.78, 5) is 26.6. The number of anilines is 2. The van der Waals surface area contributed by atoms with E-state index in [-0.39, 0.29) is 16.8 Å². The fourth-order valence-corrected chi connectivity index (χ4v) is 4.83. The zero-order valence-corrected chi connectivity index (χ0v) is 21.4. The molecule has 0 aliphatic rings. The quantitative estimate of drug-likeness (QED) is 0.178. The molecule has 0 aliphatic carbocycles. The van der Waals surface area contributed by atoms with E-state index < -0.39 is 5.25 Å². The van der Waals surface area contributed by atoms with E-state index in [1.165, 1.54) is 17.8 Å². The molecular weight excluding hydrogens is 511 g/mol. The van der Waals surface area contributed by atoms with E-state index in [9.17, 15) is 9.59 Å². The molecule has 36 heavy (non-hydrogen) atoms. The minimum atomic E-state index is -0.565. The molecule has 0 spiro atoms. The Hall–Kier alpha value is -3.51. The average molecular weight is 533 g/mol. The molecule has 180 valence electrons. The van der Waals surface area contributed by atoms with Gasteiger partial charge in [0.15, 0.2) is 0 Å². The summed E-state index contributed by atoms with van der Waals surface area (Å²) in [6.45, 7) is 0. The number of carbonyl (C=O) groups is 2. The van der Waals surface area contributed by atoms with Gasteiger partial charge in [0.05, 0.1) is 15.7 Å². The molecule has 1 unspecified atom stereocenters. The molecular formula is C29H22Cl2N2O2S. The second-order valence-corrected chi connectivity index (χ2v) is 9.72. The first kappa shape index (κ1) is 25.6. The summed E-state index contributed by atoms with van der Waals surface area (Å²) in [6, 6.07) is 31.6. The first-order chi connectivity index (χ1) is 17.5. The fourth-order valence-electron chi connectivity index (χ4n) is 3.40. The van der Waals surface area contributed by atoms with Crippen molar-refractivity contribution >= 4 is 64.2 Å². The lowest BCUT2D eigenvalue weighted by atomic mass is 10.1. The number of thioether (sulfide) groups is 1. The Balaban J connectivity index is 1.51. The highest BCUT2D eigenvalue weighted by Gasteiger charge is 2.23. The molecule has 7 heteroatoms. The van der Waals surface area contributed by atoms with Crippen LogP contribution >= 0.6 is 35.0 Å². The number of hydrogen-bond acceptors (Lipinski definition) is 3. The Labute approximate surface area is 224 Å². The number of carbonyl (C=O) groups excluding carboxylic acids is 2. The van der Waals surface area contributed by atoms with Gasteiger partial charge in [-0.2, -0.15) is 0 Å². The minimum Gasteiger partial charge on any atom is -0.323 e. The van der Waals surface area contributed by atoms with Gasteiger partial charge in [-0.1, -0.05) is 96.0 Å². The third-order valence-electron chi connectivity index (χ3n) is 5.13. The predicted molar refractivity (Wildman–Crippen MR) is 151 cm³/mol. The van der Waals surface area contributed by atoms with Crippen molar-refractivity contribution in [3.63, 3.8) is 0 Å². The number of benzene rings is 4. The molecule has 0 aliphatic heterocycles. The Morgan fingerprint density at radius 3 is 2.22 bits per heavy atom. The third-order valence-corrected chi connectivity index (χ3v) is 7.20. The average Bonchev–Trinajstić information content (AvgIpc) is 2.90. The lowest BCUT2D eigenvalue weighted by Crippen LogP contribution is -2.19. The van der Waals surface area contributed by atoms with Crippen LogP contribution in [0.2, 0.25) is 10.0 Å². The van der Waals surface area contributed by atoms with Gasteiger partial charge in [-0.3, -0.25) is 9.59 Å². The van der Waals surface area contributed by atoms with Crippen molar-refractivity contribution in [1.82, 2.24) is 0 Å². The molecule has 0 saturated carbocycles. The number of hydrogen-bond donors (Lipinski definition) is 2. The second-order valence-electron chi connectivity index (χ2n) is 7.76. The van der Waals surface area contributed by atoms with Gasteiger partial charge in [-0.15, -0.1) is 11.8 Å². The van der Waals surface area contributed by atoms with Gasteiger partial charge >= 0.3 is 0 Å². The second kappa shape index (κ2) is 12.5. The summed E-state index contributed by atoms with van der Waals surface area (Å²) < 4.78 is 0. The van der Waals surface area contributed by atoms with Crippen LogP contribution in [-0.2, 0) is 9.59 Å². The third kappa shape index (κ3) is 7.01. The van der Waals surface area contributed by atoms with Crippen molar-refractivity contribution in [1.29, 1.82) is 0 Å². The van der Waals surface area contributed by atoms with Crippen molar-refractivity contribution in [2.75, 3.05) is 10.6 Å². The van der Waals surface area contributed by atoms with E-state index in [4.69, 9.17) is 23.2 Å². The predicted octanol–water partition coefficient (Wildman–Crippen LogP) is 8.12. The Morgan fingerprint density at radius 2 is 1.47 bits per heavy atom. The first-order valence-corrected chi connectivity index (χ1v) is 12.7. The van der Waals surface area contributed by atoms with Crippen LogP contribution in [-0.4, -0.2) is 11.8 Å². The van der Waals surface area contributed by atoms with E-state index in [1.807, 2.05) is 84.9 Å². The summed E-state index contributed by atoms with van der Waals surface area (Å²) >= 11 is 13.8. The molecule has 0 aromatic heterocycles. The number of rotatable bonds is 8. The Kier molecular flexibility index (Phi) is 8.85. The number of halogens is 2. The van der Waals surface area contributed by atoms with Gasteiger partial charge in [0.2, 0.25) is 11.8 Å². The van der Waals surface area contributed by atoms with Crippen molar-refractivity contribution in [2.24, 2.45) is 0 Å². The van der Waals surface area contributed by atoms with Gasteiger partial charge in [-0.05, 0) is 47.5 Å². The summed E-state index contributed by atoms with van der Waals surface area (Å²) in [7, 11) is 0. The van der Waals surface area contributed by atoms with Gasteiger partial charge in [-0.25, -0.2) is 0 Å². The molecule has 1 atom stereocenters. The molecule has 4 rings (SSSR count). The van der Waals surface area contributed by atoms with Crippen molar-refractivity contribution < 1.29 is 9.59 Å². The van der Waals surface area contributed by atoms with Crippen LogP contribution in [0, 0.1) is 0 Å². The zero-order chi connectivity index (χ0) is 25.3. The highest BCUT2D eigenvalue weighted by molar-refractivity contribution is 8.00. The normalized spacial score (nSPS) is 11.7. The van der Waals surface area contributed by atoms with Crippen LogP contribution in [0.1, 0.15) is 16.4 Å². The van der Waals surface area contributed by atoms with Crippen LogP contribution in [0.3, 0.4) is 0 Å².